The topological polar surface area (TPSA) is 83.6 Å². The number of amides is 2. The Morgan fingerprint density at radius 2 is 2.00 bits per heavy atom. The summed E-state index contributed by atoms with van der Waals surface area (Å²) in [7, 11) is -1.45. The molecule has 1 heterocycles. The third-order valence-corrected chi connectivity index (χ3v) is 5.31. The Labute approximate surface area is 120 Å². The molecule has 1 unspecified atom stereocenters. The first kappa shape index (κ1) is 16.9. The summed E-state index contributed by atoms with van der Waals surface area (Å²) in [6, 6.07) is -0.291. The van der Waals surface area contributed by atoms with E-state index in [0.29, 0.717) is 13.0 Å². The van der Waals surface area contributed by atoms with Crippen molar-refractivity contribution in [2.75, 3.05) is 25.1 Å². The molecular formula is C13H24N2O4S. The van der Waals surface area contributed by atoms with Crippen molar-refractivity contribution in [2.45, 2.75) is 45.1 Å². The molecule has 2 amide bonds. The molecule has 0 aromatic heterocycles. The highest BCUT2D eigenvalue weighted by Gasteiger charge is 2.33. The minimum Gasteiger partial charge on any atom is -0.356 e. The van der Waals surface area contributed by atoms with Gasteiger partial charge in [0.15, 0.2) is 9.84 Å². The number of nitrogens with zero attached hydrogens (tertiary/aromatic N) is 1. The Bertz CT molecular complexity index is 447. The van der Waals surface area contributed by atoms with Gasteiger partial charge in [-0.15, -0.1) is 0 Å². The molecule has 0 aromatic rings. The second-order valence-corrected chi connectivity index (χ2v) is 7.52. The number of hydrogen-bond donors (Lipinski definition) is 1. The summed E-state index contributed by atoms with van der Waals surface area (Å²) >= 11 is 0. The number of carbonyl (C=O) groups is 2. The summed E-state index contributed by atoms with van der Waals surface area (Å²) in [5.41, 5.74) is 0. The van der Waals surface area contributed by atoms with Gasteiger partial charge in [-0.25, -0.2) is 8.42 Å². The third kappa shape index (κ3) is 5.48. The van der Waals surface area contributed by atoms with Gasteiger partial charge in [-0.3, -0.25) is 9.59 Å². The summed E-state index contributed by atoms with van der Waals surface area (Å²) in [6.45, 7) is 2.66. The van der Waals surface area contributed by atoms with Crippen LogP contribution in [0, 0.1) is 0 Å². The standard InChI is InChI=1S/C13H24N2O4S/c1-3-4-5-7-14-12(16)9-13(17)15(2)11-6-8-20(18,19)10-11/h11H,3-10H2,1-2H3,(H,14,16). The van der Waals surface area contributed by atoms with Gasteiger partial charge in [-0.05, 0) is 12.8 Å². The second-order valence-electron chi connectivity index (χ2n) is 5.30. The van der Waals surface area contributed by atoms with E-state index in [-0.39, 0.29) is 35.8 Å². The van der Waals surface area contributed by atoms with Gasteiger partial charge in [0.25, 0.3) is 0 Å². The number of unbranched alkanes of at least 4 members (excludes halogenated alkanes) is 2. The molecular weight excluding hydrogens is 280 g/mol. The molecule has 116 valence electrons. The van der Waals surface area contributed by atoms with E-state index < -0.39 is 9.84 Å². The maximum absolute atomic E-state index is 11.9. The molecule has 1 aliphatic heterocycles. The van der Waals surface area contributed by atoms with E-state index in [0.717, 1.165) is 19.3 Å². The second kappa shape index (κ2) is 7.61. The van der Waals surface area contributed by atoms with Crippen LogP contribution in [0.5, 0.6) is 0 Å². The van der Waals surface area contributed by atoms with Crippen LogP contribution < -0.4 is 5.32 Å². The molecule has 20 heavy (non-hydrogen) atoms. The van der Waals surface area contributed by atoms with Gasteiger partial charge >= 0.3 is 0 Å². The number of sulfone groups is 1. The number of rotatable bonds is 7. The van der Waals surface area contributed by atoms with Crippen molar-refractivity contribution >= 4 is 21.7 Å². The fourth-order valence-electron chi connectivity index (χ4n) is 2.21. The molecule has 1 atom stereocenters. The quantitative estimate of drug-likeness (QED) is 0.542. The SMILES string of the molecule is CCCCCNC(=O)CC(=O)N(C)C1CCS(=O)(=O)C1. The van der Waals surface area contributed by atoms with E-state index in [9.17, 15) is 18.0 Å². The average molecular weight is 304 g/mol. The first-order valence-corrected chi connectivity index (χ1v) is 8.90. The Morgan fingerprint density at radius 1 is 1.30 bits per heavy atom. The maximum Gasteiger partial charge on any atom is 0.232 e. The molecule has 0 aromatic carbocycles. The predicted octanol–water partition coefficient (Wildman–Crippen LogP) is 0.328. The summed E-state index contributed by atoms with van der Waals surface area (Å²) in [5, 5.41) is 2.71. The summed E-state index contributed by atoms with van der Waals surface area (Å²) in [5.74, 6) is -0.481. The van der Waals surface area contributed by atoms with Crippen molar-refractivity contribution in [1.82, 2.24) is 10.2 Å². The van der Waals surface area contributed by atoms with E-state index in [1.807, 2.05) is 0 Å². The first-order chi connectivity index (χ1) is 9.35. The zero-order chi connectivity index (χ0) is 15.2. The zero-order valence-corrected chi connectivity index (χ0v) is 13.0. The van der Waals surface area contributed by atoms with Crippen LogP contribution in [0.25, 0.3) is 0 Å². The fourth-order valence-corrected chi connectivity index (χ4v) is 3.99. The molecule has 1 rings (SSSR count). The normalized spacial score (nSPS) is 20.6. The molecule has 0 spiro atoms. The lowest BCUT2D eigenvalue weighted by atomic mass is 10.2. The van der Waals surface area contributed by atoms with Crippen LogP contribution >= 0.6 is 0 Å². The van der Waals surface area contributed by atoms with Crippen molar-refractivity contribution in [3.63, 3.8) is 0 Å². The summed E-state index contributed by atoms with van der Waals surface area (Å²) in [4.78, 5) is 24.9. The van der Waals surface area contributed by atoms with E-state index in [2.05, 4.69) is 12.2 Å². The summed E-state index contributed by atoms with van der Waals surface area (Å²) in [6.07, 6.45) is 3.29. The van der Waals surface area contributed by atoms with Crippen LogP contribution in [-0.2, 0) is 19.4 Å². The molecule has 0 radical (unpaired) electrons. The van der Waals surface area contributed by atoms with Gasteiger partial charge in [-0.2, -0.15) is 0 Å². The van der Waals surface area contributed by atoms with E-state index in [4.69, 9.17) is 0 Å². The summed E-state index contributed by atoms with van der Waals surface area (Å²) < 4.78 is 22.8. The highest BCUT2D eigenvalue weighted by molar-refractivity contribution is 7.91. The number of nitrogens with one attached hydrogen (secondary N) is 1. The Balaban J connectivity index is 2.33. The van der Waals surface area contributed by atoms with Gasteiger partial charge in [0.2, 0.25) is 11.8 Å². The van der Waals surface area contributed by atoms with Crippen LogP contribution in [-0.4, -0.2) is 56.3 Å². The monoisotopic (exact) mass is 304 g/mol. The molecule has 1 N–H and O–H groups in total. The van der Waals surface area contributed by atoms with Crippen molar-refractivity contribution in [3.05, 3.63) is 0 Å². The van der Waals surface area contributed by atoms with Gasteiger partial charge in [0, 0.05) is 19.6 Å². The lowest BCUT2D eigenvalue weighted by molar-refractivity contribution is -0.136. The Hall–Kier alpha value is -1.11. The zero-order valence-electron chi connectivity index (χ0n) is 12.2. The molecule has 0 saturated carbocycles. The highest BCUT2D eigenvalue weighted by Crippen LogP contribution is 2.17. The predicted molar refractivity (Wildman–Crippen MR) is 77.0 cm³/mol. The first-order valence-electron chi connectivity index (χ1n) is 7.08. The number of carbonyl (C=O) groups excluding carboxylic acids is 2. The Kier molecular flexibility index (Phi) is 6.45. The lowest BCUT2D eigenvalue weighted by Crippen LogP contribution is -2.40. The average Bonchev–Trinajstić information content (AvgIpc) is 2.74. The van der Waals surface area contributed by atoms with Crippen LogP contribution in [0.2, 0.25) is 0 Å². The van der Waals surface area contributed by atoms with E-state index in [1.54, 1.807) is 7.05 Å². The van der Waals surface area contributed by atoms with Crippen molar-refractivity contribution in [3.8, 4) is 0 Å². The Morgan fingerprint density at radius 3 is 2.55 bits per heavy atom. The van der Waals surface area contributed by atoms with Crippen LogP contribution in [0.4, 0.5) is 0 Å². The molecule has 0 aliphatic carbocycles. The fraction of sp³-hybridized carbons (Fsp3) is 0.846. The smallest absolute Gasteiger partial charge is 0.232 e. The minimum atomic E-state index is -3.02. The molecule has 1 fully saturated rings. The third-order valence-electron chi connectivity index (χ3n) is 3.56. The lowest BCUT2D eigenvalue weighted by Gasteiger charge is -2.23. The molecule has 0 bridgehead atoms. The molecule has 6 nitrogen and oxygen atoms in total. The van der Waals surface area contributed by atoms with Crippen LogP contribution in [0.15, 0.2) is 0 Å². The minimum absolute atomic E-state index is 0.00730. The van der Waals surface area contributed by atoms with Gasteiger partial charge in [0.1, 0.15) is 6.42 Å². The van der Waals surface area contributed by atoms with E-state index in [1.165, 1.54) is 4.90 Å². The number of hydrogen-bond acceptors (Lipinski definition) is 4. The maximum atomic E-state index is 11.9. The molecule has 7 heteroatoms. The van der Waals surface area contributed by atoms with E-state index >= 15 is 0 Å². The molecule has 1 saturated heterocycles. The van der Waals surface area contributed by atoms with Crippen molar-refractivity contribution in [1.29, 1.82) is 0 Å². The van der Waals surface area contributed by atoms with Gasteiger partial charge < -0.3 is 10.2 Å². The van der Waals surface area contributed by atoms with Gasteiger partial charge in [0.05, 0.1) is 11.5 Å². The van der Waals surface area contributed by atoms with Crippen molar-refractivity contribution in [2.24, 2.45) is 0 Å². The highest BCUT2D eigenvalue weighted by atomic mass is 32.2. The molecule has 1 aliphatic rings. The van der Waals surface area contributed by atoms with Gasteiger partial charge in [-0.1, -0.05) is 19.8 Å². The van der Waals surface area contributed by atoms with Crippen LogP contribution in [0.1, 0.15) is 39.0 Å². The van der Waals surface area contributed by atoms with Crippen LogP contribution in [0.3, 0.4) is 0 Å². The van der Waals surface area contributed by atoms with Crippen molar-refractivity contribution < 1.29 is 18.0 Å². The largest absolute Gasteiger partial charge is 0.356 e.